The van der Waals surface area contributed by atoms with E-state index in [1.165, 1.54) is 5.57 Å². The highest BCUT2D eigenvalue weighted by Gasteiger charge is 2.18. The molecule has 0 radical (unpaired) electrons. The lowest BCUT2D eigenvalue weighted by Crippen LogP contribution is -2.33. The van der Waals surface area contributed by atoms with Crippen molar-refractivity contribution in [1.29, 1.82) is 0 Å². The molecule has 0 bridgehead atoms. The van der Waals surface area contributed by atoms with Gasteiger partial charge in [-0.25, -0.2) is 4.98 Å². The van der Waals surface area contributed by atoms with Crippen molar-refractivity contribution in [2.75, 3.05) is 18.4 Å². The third-order valence-corrected chi connectivity index (χ3v) is 4.88. The van der Waals surface area contributed by atoms with Crippen LogP contribution >= 0.6 is 0 Å². The summed E-state index contributed by atoms with van der Waals surface area (Å²) in [5.41, 5.74) is 4.22. The van der Waals surface area contributed by atoms with Crippen LogP contribution in [0.15, 0.2) is 36.8 Å². The molecule has 4 heterocycles. The normalized spacial score (nSPS) is 16.9. The quantitative estimate of drug-likeness (QED) is 0.846. The largest absolute Gasteiger partial charge is 0.335 e. The summed E-state index contributed by atoms with van der Waals surface area (Å²) in [6.07, 6.45) is 13.0. The molecule has 7 heteroatoms. The van der Waals surface area contributed by atoms with Crippen molar-refractivity contribution in [3.8, 4) is 0 Å². The highest BCUT2D eigenvalue weighted by atomic mass is 16.2. The van der Waals surface area contributed by atoms with Gasteiger partial charge in [-0.05, 0) is 41.7 Å². The fourth-order valence-electron chi connectivity index (χ4n) is 3.36. The molecule has 0 aliphatic carbocycles. The molecular weight excluding hydrogens is 342 g/mol. The van der Waals surface area contributed by atoms with Crippen LogP contribution in [0.5, 0.6) is 0 Å². The first kappa shape index (κ1) is 17.2. The average Bonchev–Trinajstić information content (AvgIpc) is 3.12. The van der Waals surface area contributed by atoms with Crippen LogP contribution in [0.25, 0.3) is 11.6 Å². The van der Waals surface area contributed by atoms with Gasteiger partial charge in [0.15, 0.2) is 0 Å². The standard InChI is InChI=1S/C20H21N5O2/c1-24-13-17(12-22-24)15-6-8-25(9-7-15)19(27)5-2-14-10-16-3-4-18(26)23-20(16)21-11-14/h2,5-6,10-13H,3-4,7-9H2,1H3,(H,21,23,26). The Hall–Kier alpha value is -3.22. The number of hydrogen-bond acceptors (Lipinski definition) is 4. The Morgan fingerprint density at radius 1 is 1.26 bits per heavy atom. The van der Waals surface area contributed by atoms with Crippen molar-refractivity contribution in [3.05, 3.63) is 53.5 Å². The highest BCUT2D eigenvalue weighted by Crippen LogP contribution is 2.23. The van der Waals surface area contributed by atoms with Crippen LogP contribution in [0.4, 0.5) is 5.82 Å². The number of rotatable bonds is 3. The molecule has 0 aromatic carbocycles. The number of aromatic nitrogens is 3. The van der Waals surface area contributed by atoms with E-state index in [4.69, 9.17) is 0 Å². The molecule has 1 N–H and O–H groups in total. The molecule has 7 nitrogen and oxygen atoms in total. The van der Waals surface area contributed by atoms with Gasteiger partial charge in [-0.1, -0.05) is 6.08 Å². The second-order valence-electron chi connectivity index (χ2n) is 6.82. The molecular formula is C20H21N5O2. The first-order chi connectivity index (χ1) is 13.1. The molecule has 2 aromatic heterocycles. The van der Waals surface area contributed by atoms with Gasteiger partial charge in [-0.15, -0.1) is 0 Å². The number of nitrogens with one attached hydrogen (secondary N) is 1. The number of amides is 2. The van der Waals surface area contributed by atoms with Crippen molar-refractivity contribution < 1.29 is 9.59 Å². The lowest BCUT2D eigenvalue weighted by Gasteiger charge is -2.25. The first-order valence-electron chi connectivity index (χ1n) is 9.02. The maximum absolute atomic E-state index is 12.5. The fraction of sp³-hybridized carbons (Fsp3) is 0.300. The van der Waals surface area contributed by atoms with Crippen molar-refractivity contribution in [2.45, 2.75) is 19.3 Å². The van der Waals surface area contributed by atoms with Gasteiger partial charge in [0.1, 0.15) is 5.82 Å². The molecule has 0 saturated heterocycles. The smallest absolute Gasteiger partial charge is 0.246 e. The summed E-state index contributed by atoms with van der Waals surface area (Å²) < 4.78 is 1.79. The highest BCUT2D eigenvalue weighted by molar-refractivity contribution is 5.94. The summed E-state index contributed by atoms with van der Waals surface area (Å²) in [7, 11) is 1.90. The van der Waals surface area contributed by atoms with Gasteiger partial charge >= 0.3 is 0 Å². The molecule has 2 aromatic rings. The molecule has 0 fully saturated rings. The van der Waals surface area contributed by atoms with Gasteiger partial charge in [-0.3, -0.25) is 14.3 Å². The zero-order valence-electron chi connectivity index (χ0n) is 15.2. The van der Waals surface area contributed by atoms with E-state index in [2.05, 4.69) is 21.5 Å². The van der Waals surface area contributed by atoms with Crippen molar-refractivity contribution >= 4 is 29.3 Å². The summed E-state index contributed by atoms with van der Waals surface area (Å²) in [5, 5.41) is 6.96. The van der Waals surface area contributed by atoms with E-state index in [1.54, 1.807) is 23.0 Å². The maximum atomic E-state index is 12.5. The number of aryl methyl sites for hydroxylation is 2. The van der Waals surface area contributed by atoms with E-state index in [0.29, 0.717) is 31.7 Å². The minimum absolute atomic E-state index is 0.00252. The summed E-state index contributed by atoms with van der Waals surface area (Å²) in [5.74, 6) is 0.610. The van der Waals surface area contributed by atoms with Crippen LogP contribution in [0.2, 0.25) is 0 Å². The number of anilines is 1. The van der Waals surface area contributed by atoms with Crippen LogP contribution in [-0.4, -0.2) is 44.6 Å². The Morgan fingerprint density at radius 2 is 2.15 bits per heavy atom. The predicted molar refractivity (Wildman–Crippen MR) is 103 cm³/mol. The van der Waals surface area contributed by atoms with Crippen molar-refractivity contribution in [1.82, 2.24) is 19.7 Å². The second-order valence-corrected chi connectivity index (χ2v) is 6.82. The van der Waals surface area contributed by atoms with E-state index < -0.39 is 0 Å². The molecule has 4 rings (SSSR count). The summed E-state index contributed by atoms with van der Waals surface area (Å²) >= 11 is 0. The van der Waals surface area contributed by atoms with Crippen LogP contribution < -0.4 is 5.32 Å². The van der Waals surface area contributed by atoms with Crippen LogP contribution in [0.1, 0.15) is 29.5 Å². The Bertz CT molecular complexity index is 957. The average molecular weight is 363 g/mol. The third-order valence-electron chi connectivity index (χ3n) is 4.88. The lowest BCUT2D eigenvalue weighted by molar-refractivity contribution is -0.125. The SMILES string of the molecule is Cn1cc(C2=CCN(C(=O)C=Cc3cnc4c(c3)CCC(=O)N4)CC2)cn1. The Kier molecular flexibility index (Phi) is 4.58. The van der Waals surface area contributed by atoms with Gasteiger partial charge in [0.2, 0.25) is 11.8 Å². The minimum atomic E-state index is -0.0116. The number of fused-ring (bicyclic) bond motifs is 1. The zero-order valence-corrected chi connectivity index (χ0v) is 15.2. The summed E-state index contributed by atoms with van der Waals surface area (Å²) in [6.45, 7) is 1.29. The van der Waals surface area contributed by atoms with E-state index >= 15 is 0 Å². The number of pyridine rings is 1. The Labute approximate surface area is 157 Å². The molecule has 138 valence electrons. The van der Waals surface area contributed by atoms with Gasteiger partial charge in [-0.2, -0.15) is 5.10 Å². The molecule has 2 aliphatic rings. The topological polar surface area (TPSA) is 80.1 Å². The summed E-state index contributed by atoms with van der Waals surface area (Å²) in [4.78, 5) is 30.0. The molecule has 0 unspecified atom stereocenters. The monoisotopic (exact) mass is 363 g/mol. The molecule has 2 aliphatic heterocycles. The number of carbonyl (C=O) groups excluding carboxylic acids is 2. The first-order valence-corrected chi connectivity index (χ1v) is 9.02. The molecule has 27 heavy (non-hydrogen) atoms. The van der Waals surface area contributed by atoms with Gasteiger partial charge < -0.3 is 10.2 Å². The summed E-state index contributed by atoms with van der Waals surface area (Å²) in [6, 6.07) is 1.97. The second kappa shape index (κ2) is 7.19. The fourth-order valence-corrected chi connectivity index (χ4v) is 3.36. The Morgan fingerprint density at radius 3 is 2.89 bits per heavy atom. The van der Waals surface area contributed by atoms with E-state index in [9.17, 15) is 9.59 Å². The van der Waals surface area contributed by atoms with Gasteiger partial charge in [0.05, 0.1) is 6.20 Å². The molecule has 0 saturated carbocycles. The minimum Gasteiger partial charge on any atom is -0.335 e. The number of carbonyl (C=O) groups is 2. The molecule has 0 atom stereocenters. The molecule has 0 spiro atoms. The van der Waals surface area contributed by atoms with Crippen molar-refractivity contribution in [2.24, 2.45) is 7.05 Å². The zero-order chi connectivity index (χ0) is 18.8. The Balaban J connectivity index is 1.39. The number of nitrogens with zero attached hydrogens (tertiary/aromatic N) is 4. The number of hydrogen-bond donors (Lipinski definition) is 1. The lowest BCUT2D eigenvalue weighted by atomic mass is 10.0. The van der Waals surface area contributed by atoms with Crippen LogP contribution in [0, 0.1) is 0 Å². The van der Waals surface area contributed by atoms with Crippen LogP contribution in [-0.2, 0) is 23.1 Å². The van der Waals surface area contributed by atoms with Gasteiger partial charge in [0, 0.05) is 50.6 Å². The maximum Gasteiger partial charge on any atom is 0.246 e. The third kappa shape index (κ3) is 3.81. The van der Waals surface area contributed by atoms with E-state index in [-0.39, 0.29) is 11.8 Å². The predicted octanol–water partition coefficient (Wildman–Crippen LogP) is 2.03. The van der Waals surface area contributed by atoms with Crippen LogP contribution in [0.3, 0.4) is 0 Å². The van der Waals surface area contributed by atoms with E-state index in [0.717, 1.165) is 23.1 Å². The van der Waals surface area contributed by atoms with Gasteiger partial charge in [0.25, 0.3) is 0 Å². The molecule has 2 amide bonds. The van der Waals surface area contributed by atoms with Crippen molar-refractivity contribution in [3.63, 3.8) is 0 Å². The van der Waals surface area contributed by atoms with E-state index in [1.807, 2.05) is 30.4 Å².